The number of hydrogen-bond donors (Lipinski definition) is 3. The number of aromatic nitrogens is 1. The highest BCUT2D eigenvalue weighted by Crippen LogP contribution is 2.12. The van der Waals surface area contributed by atoms with Crippen molar-refractivity contribution in [3.8, 4) is 11.4 Å². The summed E-state index contributed by atoms with van der Waals surface area (Å²) in [4.78, 5) is 0. The third kappa shape index (κ3) is 17.6. The van der Waals surface area contributed by atoms with Crippen molar-refractivity contribution in [3.63, 3.8) is 0 Å². The van der Waals surface area contributed by atoms with E-state index in [0.717, 1.165) is 5.69 Å². The van der Waals surface area contributed by atoms with Crippen LogP contribution in [0.1, 0.15) is 0 Å². The van der Waals surface area contributed by atoms with Crippen LogP contribution in [0.25, 0.3) is 5.69 Å². The van der Waals surface area contributed by atoms with E-state index in [9.17, 15) is 15.3 Å². The van der Waals surface area contributed by atoms with E-state index in [2.05, 4.69) is 13.2 Å². The summed E-state index contributed by atoms with van der Waals surface area (Å²) in [7, 11) is 0. The second kappa shape index (κ2) is 23.4. The lowest BCUT2D eigenvalue weighted by Gasteiger charge is -2.22. The van der Waals surface area contributed by atoms with Crippen molar-refractivity contribution in [2.75, 3.05) is 73.2 Å². The second-order valence-electron chi connectivity index (χ2n) is 9.05. The van der Waals surface area contributed by atoms with Crippen LogP contribution in [0.5, 0.6) is 5.75 Å². The Balaban J connectivity index is 1.66. The maximum Gasteiger partial charge on any atom is 0.210 e. The van der Waals surface area contributed by atoms with Gasteiger partial charge in [0.25, 0.3) is 0 Å². The fourth-order valence-electron chi connectivity index (χ4n) is 3.35. The normalized spacial score (nSPS) is 13.9. The number of aliphatic hydroxyl groups excluding tert-OH is 3. The summed E-state index contributed by atoms with van der Waals surface area (Å²) in [6.07, 6.45) is 3.04. The first-order valence-corrected chi connectivity index (χ1v) is 13.7. The molecule has 0 bridgehead atoms. The summed E-state index contributed by atoms with van der Waals surface area (Å²) >= 11 is 0. The average Bonchev–Trinajstić information content (AvgIpc) is 3.03. The third-order valence-corrected chi connectivity index (χ3v) is 5.38. The first-order valence-electron chi connectivity index (χ1n) is 13.7. The van der Waals surface area contributed by atoms with Crippen molar-refractivity contribution in [2.24, 2.45) is 0 Å². The van der Waals surface area contributed by atoms with Gasteiger partial charge in [0.15, 0.2) is 32.8 Å². The van der Waals surface area contributed by atoms with Crippen LogP contribution >= 0.6 is 0 Å². The predicted molar refractivity (Wildman–Crippen MR) is 153 cm³/mol. The van der Waals surface area contributed by atoms with Crippen LogP contribution < -0.4 is 9.30 Å². The molecule has 43 heavy (non-hydrogen) atoms. The minimum absolute atomic E-state index is 0.00662. The summed E-state index contributed by atoms with van der Waals surface area (Å²) in [6.45, 7) is 6.64. The van der Waals surface area contributed by atoms with Gasteiger partial charge in [-0.15, -0.1) is 0 Å². The lowest BCUT2D eigenvalue weighted by molar-refractivity contribution is -0.595. The molecule has 0 saturated carbocycles. The zero-order valence-corrected chi connectivity index (χ0v) is 24.3. The van der Waals surface area contributed by atoms with Gasteiger partial charge >= 0.3 is 0 Å². The number of ether oxygens (including phenoxy) is 9. The summed E-state index contributed by atoms with van der Waals surface area (Å²) in [5.41, 5.74) is 0.995. The van der Waals surface area contributed by atoms with Gasteiger partial charge < -0.3 is 58.0 Å². The van der Waals surface area contributed by atoms with E-state index >= 15 is 0 Å². The smallest absolute Gasteiger partial charge is 0.210 e. The molecule has 0 spiro atoms. The van der Waals surface area contributed by atoms with E-state index in [1.807, 2.05) is 59.4 Å². The molecular weight excluding hydrogens is 566 g/mol. The van der Waals surface area contributed by atoms with E-state index in [0.29, 0.717) is 5.75 Å². The molecule has 4 atom stereocenters. The standard InChI is InChI=1S/C30H44NO12/c1-3-35-22-39-16-26(32)14-37-20-30(42-19-28(34)18-40-23-36-4-2)21-38-15-27(33)17-41-24-43-29-10-8-25(9-11-29)31-12-6-5-7-13-31/h3-13,26-28,30,32-34H,1-2,14-24H2/q+1. The highest BCUT2D eigenvalue weighted by Gasteiger charge is 2.16. The van der Waals surface area contributed by atoms with Crippen LogP contribution in [0.4, 0.5) is 0 Å². The molecule has 2 rings (SSSR count). The lowest BCUT2D eigenvalue weighted by Crippen LogP contribution is -2.34. The predicted octanol–water partition coefficient (Wildman–Crippen LogP) is 1.09. The molecule has 1 aromatic heterocycles. The molecule has 0 aliphatic carbocycles. The molecule has 0 saturated heterocycles. The molecule has 3 N–H and O–H groups in total. The Morgan fingerprint density at radius 2 is 1.09 bits per heavy atom. The molecule has 1 heterocycles. The Hall–Kier alpha value is -3.11. The van der Waals surface area contributed by atoms with Crippen LogP contribution in [0.15, 0.2) is 80.5 Å². The number of hydrogen-bond acceptors (Lipinski definition) is 12. The highest BCUT2D eigenvalue weighted by molar-refractivity contribution is 5.31. The number of nitrogens with zero attached hydrogens (tertiary/aromatic N) is 1. The third-order valence-electron chi connectivity index (χ3n) is 5.38. The van der Waals surface area contributed by atoms with Crippen LogP contribution in [-0.4, -0.2) is 113 Å². The fraction of sp³-hybridized carbons (Fsp3) is 0.500. The van der Waals surface area contributed by atoms with Gasteiger partial charge in [0, 0.05) is 24.3 Å². The molecule has 0 fully saturated rings. The Kier molecular flexibility index (Phi) is 19.6. The first kappa shape index (κ1) is 36.1. The molecule has 2 aromatic rings. The van der Waals surface area contributed by atoms with Gasteiger partial charge in [-0.05, 0) is 12.1 Å². The molecule has 0 amide bonds. The molecule has 1 aromatic carbocycles. The number of pyridine rings is 1. The van der Waals surface area contributed by atoms with Crippen molar-refractivity contribution in [3.05, 3.63) is 80.5 Å². The second-order valence-corrected chi connectivity index (χ2v) is 9.05. The van der Waals surface area contributed by atoms with Crippen LogP contribution in [-0.2, 0) is 37.9 Å². The number of rotatable bonds is 27. The quantitative estimate of drug-likeness (QED) is 0.0576. The maximum atomic E-state index is 10.2. The van der Waals surface area contributed by atoms with Crippen molar-refractivity contribution < 1.29 is 62.5 Å². The highest BCUT2D eigenvalue weighted by atomic mass is 16.7. The fourth-order valence-corrected chi connectivity index (χ4v) is 3.35. The van der Waals surface area contributed by atoms with Crippen LogP contribution in [0.3, 0.4) is 0 Å². The number of aliphatic hydroxyl groups is 3. The van der Waals surface area contributed by atoms with E-state index in [1.54, 1.807) is 0 Å². The molecule has 240 valence electrons. The van der Waals surface area contributed by atoms with Gasteiger partial charge in [0.05, 0.1) is 65.4 Å². The van der Waals surface area contributed by atoms with Crippen LogP contribution in [0, 0.1) is 0 Å². The zero-order valence-electron chi connectivity index (χ0n) is 24.3. The minimum atomic E-state index is -0.924. The van der Waals surface area contributed by atoms with Crippen molar-refractivity contribution >= 4 is 0 Å². The lowest BCUT2D eigenvalue weighted by atomic mass is 10.3. The monoisotopic (exact) mass is 610 g/mol. The Morgan fingerprint density at radius 3 is 1.63 bits per heavy atom. The van der Waals surface area contributed by atoms with E-state index in [4.69, 9.17) is 42.6 Å². The summed E-state index contributed by atoms with van der Waals surface area (Å²) in [5, 5.41) is 30.3. The molecular formula is C30H44NO12+. The van der Waals surface area contributed by atoms with E-state index in [-0.39, 0.29) is 73.2 Å². The number of benzene rings is 1. The molecule has 0 aliphatic heterocycles. The Bertz CT molecular complexity index is 965. The summed E-state index contributed by atoms with van der Waals surface area (Å²) in [5.74, 6) is 0.633. The minimum Gasteiger partial charge on any atom is -0.476 e. The molecule has 13 heteroatoms. The Labute approximate surface area is 252 Å². The van der Waals surface area contributed by atoms with Crippen LogP contribution in [0.2, 0.25) is 0 Å². The van der Waals surface area contributed by atoms with E-state index in [1.165, 1.54) is 12.5 Å². The van der Waals surface area contributed by atoms with Gasteiger partial charge in [-0.1, -0.05) is 19.2 Å². The van der Waals surface area contributed by atoms with Crippen molar-refractivity contribution in [1.82, 2.24) is 0 Å². The van der Waals surface area contributed by atoms with Gasteiger partial charge in [-0.3, -0.25) is 0 Å². The average molecular weight is 611 g/mol. The summed E-state index contributed by atoms with van der Waals surface area (Å²) < 4.78 is 49.7. The topological polar surface area (TPSA) is 148 Å². The zero-order chi connectivity index (χ0) is 31.0. The molecule has 4 unspecified atom stereocenters. The van der Waals surface area contributed by atoms with Gasteiger partial charge in [-0.25, -0.2) is 0 Å². The van der Waals surface area contributed by atoms with Crippen molar-refractivity contribution in [2.45, 2.75) is 24.4 Å². The van der Waals surface area contributed by atoms with Gasteiger partial charge in [-0.2, -0.15) is 4.57 Å². The van der Waals surface area contributed by atoms with Crippen molar-refractivity contribution in [1.29, 1.82) is 0 Å². The molecule has 0 aliphatic rings. The largest absolute Gasteiger partial charge is 0.476 e. The van der Waals surface area contributed by atoms with Gasteiger partial charge in [0.2, 0.25) is 5.69 Å². The SMILES string of the molecule is C=COCOCC(O)COCC(COCC(O)COCOc1ccc(-[n+]2ccccc2)cc1)OCC(O)COCOC=C. The van der Waals surface area contributed by atoms with Gasteiger partial charge in [0.1, 0.15) is 30.2 Å². The maximum absolute atomic E-state index is 10.2. The first-order chi connectivity index (χ1) is 21.0. The Morgan fingerprint density at radius 1 is 0.605 bits per heavy atom. The summed E-state index contributed by atoms with van der Waals surface area (Å²) in [6, 6.07) is 13.4. The molecule has 0 radical (unpaired) electrons. The van der Waals surface area contributed by atoms with E-state index < -0.39 is 24.4 Å². The molecule has 13 nitrogen and oxygen atoms in total.